The maximum absolute atomic E-state index is 13.3. The van der Waals surface area contributed by atoms with Crippen molar-refractivity contribution in [3.8, 4) is 44.5 Å². The molecule has 0 saturated heterocycles. The van der Waals surface area contributed by atoms with Crippen LogP contribution in [0.25, 0.3) is 44.5 Å². The third kappa shape index (κ3) is 12.3. The van der Waals surface area contributed by atoms with E-state index in [0.717, 1.165) is 124 Å². The first-order chi connectivity index (χ1) is 36.7. The van der Waals surface area contributed by atoms with Gasteiger partial charge in [-0.3, -0.25) is 34.1 Å². The maximum Gasteiger partial charge on any atom is 0.163 e. The number of hydrogen-bond donors (Lipinski definition) is 0. The molecule has 4 aromatic carbocycles. The van der Waals surface area contributed by atoms with Crippen LogP contribution in [0.2, 0.25) is 5.15 Å². The molecule has 0 atom stereocenters. The van der Waals surface area contributed by atoms with E-state index in [0.29, 0.717) is 42.4 Å². The number of rotatable bonds is 4. The largest absolute Gasteiger partial charge is 0.294 e. The maximum atomic E-state index is 13.3. The number of pyridine rings is 4. The third-order valence-electron chi connectivity index (χ3n) is 15.4. The zero-order valence-corrected chi connectivity index (χ0v) is 45.0. The van der Waals surface area contributed by atoms with Crippen LogP contribution in [-0.2, 0) is 25.7 Å². The van der Waals surface area contributed by atoms with Crippen molar-refractivity contribution in [1.82, 2.24) is 19.9 Å². The van der Waals surface area contributed by atoms with Crippen LogP contribution in [0.4, 0.5) is 4.39 Å². The lowest BCUT2D eigenvalue weighted by Crippen LogP contribution is -2.12. The number of carbonyl (C=O) groups excluding carboxylic acids is 4. The summed E-state index contributed by atoms with van der Waals surface area (Å²) in [6.45, 7) is 12.4. The molecule has 4 heterocycles. The summed E-state index contributed by atoms with van der Waals surface area (Å²) in [5, 5.41) is 0.491. The molecule has 392 valence electrons. The van der Waals surface area contributed by atoms with Gasteiger partial charge in [-0.2, -0.15) is 0 Å². The van der Waals surface area contributed by atoms with Gasteiger partial charge >= 0.3 is 0 Å². The second-order valence-electron chi connectivity index (χ2n) is 20.4. The minimum absolute atomic E-state index is 0. The first kappa shape index (κ1) is 55.6. The molecular formula is C67H66ClFN4O4. The summed E-state index contributed by atoms with van der Waals surface area (Å²) >= 11 is 5.95. The van der Waals surface area contributed by atoms with E-state index in [1.165, 1.54) is 62.3 Å². The van der Waals surface area contributed by atoms with Crippen molar-refractivity contribution < 1.29 is 23.6 Å². The number of hydrogen-bond acceptors (Lipinski definition) is 8. The van der Waals surface area contributed by atoms with Crippen LogP contribution in [0, 0.1) is 47.4 Å². The van der Waals surface area contributed by atoms with Crippen LogP contribution in [0.3, 0.4) is 0 Å². The minimum Gasteiger partial charge on any atom is -0.294 e. The van der Waals surface area contributed by atoms with Crippen molar-refractivity contribution >= 4 is 34.7 Å². The molecule has 0 N–H and O–H groups in total. The molecule has 8 nitrogen and oxygen atoms in total. The molecule has 0 fully saturated rings. The molecule has 12 rings (SSSR count). The quantitative estimate of drug-likeness (QED) is 0.160. The van der Waals surface area contributed by atoms with Gasteiger partial charge in [0.05, 0.1) is 6.20 Å². The van der Waals surface area contributed by atoms with E-state index in [2.05, 4.69) is 65.0 Å². The average molecular weight is 1050 g/mol. The predicted molar refractivity (Wildman–Crippen MR) is 308 cm³/mol. The van der Waals surface area contributed by atoms with E-state index >= 15 is 0 Å². The van der Waals surface area contributed by atoms with Crippen molar-refractivity contribution in [2.24, 2.45) is 0 Å². The van der Waals surface area contributed by atoms with Crippen LogP contribution in [0.15, 0.2) is 122 Å². The molecule has 0 unspecified atom stereocenters. The van der Waals surface area contributed by atoms with Crippen molar-refractivity contribution in [3.63, 3.8) is 0 Å². The fraction of sp³-hybridized carbons (Fsp3) is 0.284. The molecular weight excluding hydrogens is 979 g/mol. The van der Waals surface area contributed by atoms with Crippen LogP contribution >= 0.6 is 11.6 Å². The number of aromatic nitrogens is 4. The molecule has 0 bridgehead atoms. The molecule has 0 saturated carbocycles. The number of ketones is 4. The smallest absolute Gasteiger partial charge is 0.163 e. The van der Waals surface area contributed by atoms with Crippen molar-refractivity contribution in [2.75, 3.05) is 0 Å². The Morgan fingerprint density at radius 3 is 1.12 bits per heavy atom. The van der Waals surface area contributed by atoms with E-state index in [1.807, 2.05) is 94.0 Å². The van der Waals surface area contributed by atoms with Crippen molar-refractivity contribution in [2.45, 2.75) is 126 Å². The molecule has 10 heteroatoms. The molecule has 0 radical (unpaired) electrons. The Hall–Kier alpha value is -7.62. The highest BCUT2D eigenvalue weighted by molar-refractivity contribution is 6.29. The zero-order chi connectivity index (χ0) is 53.6. The number of aryl methyl sites for hydroxylation is 2. The number of halogens is 2. The highest BCUT2D eigenvalue weighted by Crippen LogP contribution is 2.36. The van der Waals surface area contributed by atoms with Crippen LogP contribution < -0.4 is 0 Å². The zero-order valence-electron chi connectivity index (χ0n) is 44.2. The lowest BCUT2D eigenvalue weighted by Gasteiger charge is -2.19. The molecule has 8 aromatic rings. The highest BCUT2D eigenvalue weighted by Gasteiger charge is 2.24. The SMILES string of the molecule is C.Cc1c(-c2ccnc(Cl)c2)ccc2c1CCCC2=O.Cc1c(-c2cncc(F)c2)ccc2c1CCCC2=O.Cc1cc(-c2ccc3c(c2C)CCCC3=O)ccn1.Cc1cncc(-c2ccc3c(c2C)CCCC3=O)c1. The normalized spacial score (nSPS) is 14.1. The molecule has 0 spiro atoms. The van der Waals surface area contributed by atoms with Crippen molar-refractivity contribution in [3.05, 3.63) is 211 Å². The summed E-state index contributed by atoms with van der Waals surface area (Å²) in [5.41, 5.74) is 23.9. The summed E-state index contributed by atoms with van der Waals surface area (Å²) in [6, 6.07) is 27.4. The Kier molecular flexibility index (Phi) is 17.8. The molecule has 4 aromatic heterocycles. The molecule has 0 aliphatic heterocycles. The number of Topliss-reactive ketones (excluding diaryl/α,β-unsaturated/α-hetero) is 4. The summed E-state index contributed by atoms with van der Waals surface area (Å²) in [6.07, 6.45) is 20.6. The highest BCUT2D eigenvalue weighted by atomic mass is 35.5. The molecule has 77 heavy (non-hydrogen) atoms. The fourth-order valence-electron chi connectivity index (χ4n) is 11.4. The average Bonchev–Trinajstić information content (AvgIpc) is 3.43. The standard InChI is InChI=1S/2C17H17NO.C16H14ClNO.C16H14FNO.CH4/c1-11-8-13(10-18-9-11)14-6-7-16-15(12(14)2)4-3-5-17(16)19;1-11-10-13(8-9-18-11)14-6-7-16-15(12(14)2)4-3-5-17(16)19;1-10-12(11-7-8-18-16(17)9-11)5-6-14-13(10)3-2-4-15(14)19;1-10-13(11-7-12(17)9-18-8-11)5-6-15-14(10)3-2-4-16(15)19;/h2*6-10H,3-5H2,1-2H3;2*5-9H,2-4H2,1H3;1H4. The summed E-state index contributed by atoms with van der Waals surface area (Å²) in [5.74, 6) is 0.725. The van der Waals surface area contributed by atoms with E-state index in [1.54, 1.807) is 12.4 Å². The van der Waals surface area contributed by atoms with E-state index in [4.69, 9.17) is 11.6 Å². The lowest BCUT2D eigenvalue weighted by atomic mass is 9.84. The predicted octanol–water partition coefficient (Wildman–Crippen LogP) is 16.3. The summed E-state index contributed by atoms with van der Waals surface area (Å²) in [7, 11) is 0. The van der Waals surface area contributed by atoms with Crippen LogP contribution in [0.1, 0.15) is 156 Å². The van der Waals surface area contributed by atoms with Gasteiger partial charge in [0, 0.05) is 95.7 Å². The van der Waals surface area contributed by atoms with Crippen LogP contribution in [0.5, 0.6) is 0 Å². The number of carbonyl (C=O) groups is 4. The third-order valence-corrected chi connectivity index (χ3v) is 15.6. The Morgan fingerprint density at radius 1 is 0.390 bits per heavy atom. The van der Waals surface area contributed by atoms with Crippen LogP contribution in [-0.4, -0.2) is 43.1 Å². The van der Waals surface area contributed by atoms with Gasteiger partial charge < -0.3 is 0 Å². The second kappa shape index (κ2) is 24.6. The van der Waals surface area contributed by atoms with Gasteiger partial charge in [-0.15, -0.1) is 0 Å². The Morgan fingerprint density at radius 2 is 0.740 bits per heavy atom. The summed E-state index contributed by atoms with van der Waals surface area (Å²) in [4.78, 5) is 64.0. The van der Waals surface area contributed by atoms with Gasteiger partial charge in [-0.1, -0.05) is 67.6 Å². The number of nitrogens with zero attached hydrogens (tertiary/aromatic N) is 4. The van der Waals surface area contributed by atoms with Gasteiger partial charge in [-0.05, 0) is 213 Å². The van der Waals surface area contributed by atoms with E-state index < -0.39 is 0 Å². The number of benzene rings is 4. The number of fused-ring (bicyclic) bond motifs is 4. The summed E-state index contributed by atoms with van der Waals surface area (Å²) < 4.78 is 13.3. The van der Waals surface area contributed by atoms with E-state index in [-0.39, 0.29) is 24.8 Å². The minimum atomic E-state index is -0.342. The Bertz CT molecular complexity index is 3120. The van der Waals surface area contributed by atoms with Gasteiger partial charge in [-0.25, -0.2) is 9.37 Å². The Labute approximate surface area is 457 Å². The monoisotopic (exact) mass is 1040 g/mol. The van der Waals surface area contributed by atoms with Gasteiger partial charge in [0.1, 0.15) is 11.0 Å². The topological polar surface area (TPSA) is 120 Å². The van der Waals surface area contributed by atoms with Gasteiger partial charge in [0.2, 0.25) is 0 Å². The van der Waals surface area contributed by atoms with Gasteiger partial charge in [0.15, 0.2) is 23.1 Å². The Balaban J connectivity index is 0.000000135. The van der Waals surface area contributed by atoms with Crippen molar-refractivity contribution in [1.29, 1.82) is 0 Å². The first-order valence-electron chi connectivity index (χ1n) is 26.4. The van der Waals surface area contributed by atoms with Gasteiger partial charge in [0.25, 0.3) is 0 Å². The molecule has 4 aliphatic carbocycles. The molecule has 0 amide bonds. The molecule has 4 aliphatic rings. The lowest BCUT2D eigenvalue weighted by molar-refractivity contribution is 0.0964. The van der Waals surface area contributed by atoms with E-state index in [9.17, 15) is 23.6 Å². The fourth-order valence-corrected chi connectivity index (χ4v) is 11.6. The first-order valence-corrected chi connectivity index (χ1v) is 26.7. The second-order valence-corrected chi connectivity index (χ2v) is 20.7.